The van der Waals surface area contributed by atoms with Crippen LogP contribution in [0.1, 0.15) is 188 Å². The lowest BCUT2D eigenvalue weighted by molar-refractivity contribution is 0.188. The highest BCUT2D eigenvalue weighted by atomic mass is 16.2. The monoisotopic (exact) mass is 567 g/mol. The van der Waals surface area contributed by atoms with E-state index in [1.165, 1.54) is 128 Å². The van der Waals surface area contributed by atoms with Crippen LogP contribution in [0, 0.1) is 0 Å². The van der Waals surface area contributed by atoms with Crippen molar-refractivity contribution in [1.29, 1.82) is 0 Å². The molecule has 0 aliphatic heterocycles. The average Bonchev–Trinajstić information content (AvgIpc) is 2.96. The van der Waals surface area contributed by atoms with Crippen LogP contribution < -0.4 is 16.2 Å². The number of unbranched alkanes of at least 4 members (excludes halogenated alkanes) is 23. The number of amides is 4. The fourth-order valence-electron chi connectivity index (χ4n) is 5.24. The summed E-state index contributed by atoms with van der Waals surface area (Å²) in [6.45, 7) is 8.91. The Balaban J connectivity index is 3.88. The van der Waals surface area contributed by atoms with E-state index in [2.05, 4.69) is 36.9 Å². The van der Waals surface area contributed by atoms with Crippen LogP contribution in [0.15, 0.2) is 0 Å². The highest BCUT2D eigenvalue weighted by Gasteiger charge is 2.13. The zero-order valence-electron chi connectivity index (χ0n) is 27.3. The Labute approximate surface area is 249 Å². The number of rotatable bonds is 29. The van der Waals surface area contributed by atoms with Gasteiger partial charge in [0.1, 0.15) is 0 Å². The number of carbonyl (C=O) groups is 2. The maximum atomic E-state index is 12.8. The molecular formula is C34H70N4O2. The van der Waals surface area contributed by atoms with Crippen molar-refractivity contribution in [2.45, 2.75) is 188 Å². The van der Waals surface area contributed by atoms with Gasteiger partial charge < -0.3 is 10.2 Å². The van der Waals surface area contributed by atoms with Crippen molar-refractivity contribution in [2.24, 2.45) is 0 Å². The van der Waals surface area contributed by atoms with Crippen LogP contribution >= 0.6 is 0 Å². The molecule has 3 N–H and O–H groups in total. The van der Waals surface area contributed by atoms with Gasteiger partial charge in [0, 0.05) is 19.6 Å². The topological polar surface area (TPSA) is 73.5 Å². The highest BCUT2D eigenvalue weighted by molar-refractivity contribution is 5.80. The van der Waals surface area contributed by atoms with Gasteiger partial charge in [-0.25, -0.2) is 20.4 Å². The molecule has 0 aliphatic rings. The lowest BCUT2D eigenvalue weighted by atomic mass is 10.0. The molecule has 0 rings (SSSR count). The predicted octanol–water partition coefficient (Wildman–Crippen LogP) is 10.4. The number of hydrazine groups is 1. The first-order valence-electron chi connectivity index (χ1n) is 17.7. The molecule has 0 radical (unpaired) electrons. The van der Waals surface area contributed by atoms with E-state index in [0.717, 1.165) is 51.6 Å². The Hall–Kier alpha value is -1.46. The van der Waals surface area contributed by atoms with Crippen LogP contribution in [0.4, 0.5) is 9.59 Å². The molecular weight excluding hydrogens is 496 g/mol. The lowest BCUT2D eigenvalue weighted by Crippen LogP contribution is -2.52. The summed E-state index contributed by atoms with van der Waals surface area (Å²) in [6, 6.07) is -0.504. The molecule has 4 amide bonds. The molecule has 0 fully saturated rings. The standard InChI is InChI=1S/C34H70N4O2/c1-4-7-10-13-16-17-18-19-20-21-22-23-24-27-30-35-33(39)36-37-34(40)38(31-28-25-14-11-8-5-2)32-29-26-15-12-9-6-3/h4-32H2,1-3H3,(H,37,40)(H2,35,36,39). The minimum Gasteiger partial charge on any atom is -0.337 e. The first kappa shape index (κ1) is 38.5. The van der Waals surface area contributed by atoms with Crippen LogP contribution in [-0.2, 0) is 0 Å². The molecule has 238 valence electrons. The zero-order valence-corrected chi connectivity index (χ0v) is 27.3. The average molecular weight is 567 g/mol. The van der Waals surface area contributed by atoms with Gasteiger partial charge in [-0.2, -0.15) is 0 Å². The van der Waals surface area contributed by atoms with Crippen molar-refractivity contribution >= 4 is 12.1 Å². The maximum absolute atomic E-state index is 12.8. The summed E-state index contributed by atoms with van der Waals surface area (Å²) in [5.74, 6) is 0. The van der Waals surface area contributed by atoms with Crippen molar-refractivity contribution in [3.8, 4) is 0 Å². The predicted molar refractivity (Wildman–Crippen MR) is 174 cm³/mol. The third-order valence-corrected chi connectivity index (χ3v) is 7.95. The van der Waals surface area contributed by atoms with Crippen molar-refractivity contribution in [3.63, 3.8) is 0 Å². The van der Waals surface area contributed by atoms with Crippen LogP contribution in [-0.4, -0.2) is 36.6 Å². The molecule has 0 unspecified atom stereocenters. The van der Waals surface area contributed by atoms with Gasteiger partial charge in [0.05, 0.1) is 0 Å². The summed E-state index contributed by atoms with van der Waals surface area (Å²) in [7, 11) is 0. The number of urea groups is 2. The van der Waals surface area contributed by atoms with E-state index in [0.29, 0.717) is 6.54 Å². The van der Waals surface area contributed by atoms with E-state index >= 15 is 0 Å². The first-order chi connectivity index (χ1) is 19.7. The number of hydrogen-bond donors (Lipinski definition) is 3. The summed E-state index contributed by atoms with van der Waals surface area (Å²) in [5.41, 5.74) is 5.19. The molecule has 0 atom stereocenters. The van der Waals surface area contributed by atoms with Crippen molar-refractivity contribution < 1.29 is 9.59 Å². The number of carbonyl (C=O) groups excluding carboxylic acids is 2. The highest BCUT2D eigenvalue weighted by Crippen LogP contribution is 2.13. The minimum absolute atomic E-state index is 0.186. The van der Waals surface area contributed by atoms with Gasteiger partial charge in [0.2, 0.25) is 0 Å². The van der Waals surface area contributed by atoms with Crippen LogP contribution in [0.2, 0.25) is 0 Å². The van der Waals surface area contributed by atoms with Crippen LogP contribution in [0.5, 0.6) is 0 Å². The van der Waals surface area contributed by atoms with E-state index < -0.39 is 0 Å². The summed E-state index contributed by atoms with van der Waals surface area (Å²) in [6.07, 6.45) is 33.0. The van der Waals surface area contributed by atoms with Crippen LogP contribution in [0.3, 0.4) is 0 Å². The van der Waals surface area contributed by atoms with E-state index in [4.69, 9.17) is 0 Å². The molecule has 0 saturated heterocycles. The molecule has 40 heavy (non-hydrogen) atoms. The van der Waals surface area contributed by atoms with Gasteiger partial charge >= 0.3 is 12.1 Å². The van der Waals surface area contributed by atoms with E-state index in [1.54, 1.807) is 0 Å². The van der Waals surface area contributed by atoms with Gasteiger partial charge in [-0.15, -0.1) is 0 Å². The SMILES string of the molecule is CCCCCCCCCCCCCCCCNC(=O)NNC(=O)N(CCCCCCCC)CCCCCCCC. The van der Waals surface area contributed by atoms with Gasteiger partial charge in [-0.05, 0) is 19.3 Å². The molecule has 0 bridgehead atoms. The van der Waals surface area contributed by atoms with Crippen molar-refractivity contribution in [1.82, 2.24) is 21.1 Å². The second-order valence-corrected chi connectivity index (χ2v) is 11.9. The number of hydrogen-bond acceptors (Lipinski definition) is 2. The smallest absolute Gasteiger partial charge is 0.336 e. The molecule has 0 aliphatic carbocycles. The first-order valence-corrected chi connectivity index (χ1v) is 17.7. The number of nitrogens with one attached hydrogen (secondary N) is 3. The molecule has 0 spiro atoms. The Morgan fingerprint density at radius 1 is 0.425 bits per heavy atom. The minimum atomic E-state index is -0.317. The third-order valence-electron chi connectivity index (χ3n) is 7.95. The van der Waals surface area contributed by atoms with Gasteiger partial charge in [0.15, 0.2) is 0 Å². The summed E-state index contributed by atoms with van der Waals surface area (Å²) >= 11 is 0. The Bertz CT molecular complexity index is 528. The van der Waals surface area contributed by atoms with Gasteiger partial charge in [0.25, 0.3) is 0 Å². The largest absolute Gasteiger partial charge is 0.337 e. The summed E-state index contributed by atoms with van der Waals surface area (Å²) in [5, 5.41) is 2.88. The normalized spacial score (nSPS) is 11.0. The fraction of sp³-hybridized carbons (Fsp3) is 0.941. The molecule has 0 heterocycles. The van der Waals surface area contributed by atoms with E-state index in [9.17, 15) is 9.59 Å². The molecule has 0 aromatic carbocycles. The molecule has 6 heteroatoms. The van der Waals surface area contributed by atoms with Crippen LogP contribution in [0.25, 0.3) is 0 Å². The van der Waals surface area contributed by atoms with Gasteiger partial charge in [-0.3, -0.25) is 0 Å². The van der Waals surface area contributed by atoms with Crippen molar-refractivity contribution in [2.75, 3.05) is 19.6 Å². The number of nitrogens with zero attached hydrogens (tertiary/aromatic N) is 1. The van der Waals surface area contributed by atoms with E-state index in [-0.39, 0.29) is 12.1 Å². The van der Waals surface area contributed by atoms with Gasteiger partial charge in [-0.1, -0.05) is 168 Å². The third kappa shape index (κ3) is 28.1. The molecule has 0 saturated carbocycles. The fourth-order valence-corrected chi connectivity index (χ4v) is 5.24. The summed E-state index contributed by atoms with van der Waals surface area (Å²) < 4.78 is 0. The Morgan fingerprint density at radius 3 is 1.12 bits per heavy atom. The lowest BCUT2D eigenvalue weighted by Gasteiger charge is -2.23. The maximum Gasteiger partial charge on any atom is 0.336 e. The Kier molecular flexibility index (Phi) is 30.9. The molecule has 0 aromatic heterocycles. The molecule has 0 aromatic rings. The summed E-state index contributed by atoms with van der Waals surface area (Å²) in [4.78, 5) is 26.8. The zero-order chi connectivity index (χ0) is 29.4. The molecule has 6 nitrogen and oxygen atoms in total. The second-order valence-electron chi connectivity index (χ2n) is 11.9. The van der Waals surface area contributed by atoms with Crippen molar-refractivity contribution in [3.05, 3.63) is 0 Å². The second kappa shape index (κ2) is 32.1. The van der Waals surface area contributed by atoms with E-state index in [1.807, 2.05) is 4.90 Å². The Morgan fingerprint density at radius 2 is 0.750 bits per heavy atom. The quantitative estimate of drug-likeness (QED) is 0.0622.